The Bertz CT molecular complexity index is 881. The van der Waals surface area contributed by atoms with Crippen LogP contribution in [0, 0.1) is 40.9 Å². The minimum atomic E-state index is -0.438. The number of rotatable bonds is 4. The van der Waals surface area contributed by atoms with Gasteiger partial charge in [-0.15, -0.1) is 0 Å². The number of aliphatic hydroxyl groups is 1. The molecule has 1 unspecified atom stereocenters. The zero-order valence-electron chi connectivity index (χ0n) is 21.0. The Morgan fingerprint density at radius 3 is 2.64 bits per heavy atom. The summed E-state index contributed by atoms with van der Waals surface area (Å²) in [5.41, 5.74) is 0.567. The van der Waals surface area contributed by atoms with Gasteiger partial charge in [0, 0.05) is 11.6 Å². The summed E-state index contributed by atoms with van der Waals surface area (Å²) in [7, 11) is 1.64. The van der Waals surface area contributed by atoms with Crippen LogP contribution in [0.3, 0.4) is 0 Å². The summed E-state index contributed by atoms with van der Waals surface area (Å²) in [5.74, 6) is 5.34. The molecule has 4 aliphatic carbocycles. The van der Waals surface area contributed by atoms with Crippen molar-refractivity contribution in [2.24, 2.45) is 40.9 Å². The van der Waals surface area contributed by atoms with Gasteiger partial charge in [0.15, 0.2) is 0 Å². The van der Waals surface area contributed by atoms with Crippen molar-refractivity contribution in [3.8, 4) is 5.75 Å². The lowest BCUT2D eigenvalue weighted by Gasteiger charge is -2.57. The highest BCUT2D eigenvalue weighted by molar-refractivity contribution is 5.94. The maximum atomic E-state index is 13.0. The fourth-order valence-electron chi connectivity index (χ4n) is 9.10. The summed E-state index contributed by atoms with van der Waals surface area (Å²) in [4.78, 5) is 13.0. The molecule has 1 amide bonds. The van der Waals surface area contributed by atoms with E-state index in [1.54, 1.807) is 7.11 Å². The predicted molar refractivity (Wildman–Crippen MR) is 131 cm³/mol. The highest BCUT2D eigenvalue weighted by Crippen LogP contribution is 2.65. The molecule has 0 heterocycles. The minimum absolute atomic E-state index is 0.0110. The molecule has 0 radical (unpaired) electrons. The molecule has 5 rings (SSSR count). The predicted octanol–water partition coefficient (Wildman–Crippen LogP) is 5.83. The van der Waals surface area contributed by atoms with Gasteiger partial charge in [0.1, 0.15) is 5.75 Å². The second-order valence-corrected chi connectivity index (χ2v) is 12.4. The molecule has 2 N–H and O–H groups in total. The molecule has 0 bridgehead atoms. The summed E-state index contributed by atoms with van der Waals surface area (Å²) in [6.07, 6.45) is 11.0. The quantitative estimate of drug-likeness (QED) is 0.603. The summed E-state index contributed by atoms with van der Waals surface area (Å²) in [6.45, 7) is 6.82. The van der Waals surface area contributed by atoms with Crippen LogP contribution in [-0.4, -0.2) is 29.8 Å². The van der Waals surface area contributed by atoms with Gasteiger partial charge in [-0.3, -0.25) is 4.79 Å². The SMILES string of the molecule is COc1cccc(C(=O)N[C@@H](C)C2CC[C@H]3[C@@H]4CC[C@@H]5C[C@](C)(O)CC[C@@H]5[C@H]4CC[C@]23C)c1. The van der Waals surface area contributed by atoms with E-state index < -0.39 is 5.60 Å². The molecule has 9 atom stereocenters. The minimum Gasteiger partial charge on any atom is -0.497 e. The zero-order valence-corrected chi connectivity index (χ0v) is 21.0. The van der Waals surface area contributed by atoms with E-state index in [4.69, 9.17) is 4.74 Å². The molecular weight excluding hydrogens is 410 g/mol. The lowest BCUT2D eigenvalue weighted by molar-refractivity contribution is -0.101. The van der Waals surface area contributed by atoms with Crippen LogP contribution in [0.5, 0.6) is 5.75 Å². The average molecular weight is 454 g/mol. The average Bonchev–Trinajstić information content (AvgIpc) is 3.15. The number of ether oxygens (including phenoxy) is 1. The van der Waals surface area contributed by atoms with Gasteiger partial charge in [0.25, 0.3) is 5.91 Å². The number of carbonyl (C=O) groups excluding carboxylic acids is 1. The first kappa shape index (κ1) is 23.2. The Hall–Kier alpha value is -1.55. The molecule has 0 saturated heterocycles. The van der Waals surface area contributed by atoms with Crippen LogP contribution in [0.4, 0.5) is 0 Å². The standard InChI is InChI=1S/C29H43NO3/c1-18(30-27(31)19-6-5-7-21(16-19)33-4)25-10-11-26-24-9-8-20-17-28(2,32)14-12-22(20)23(24)13-15-29(25,26)3/h5-7,16,18,20,22-26,32H,8-15,17H2,1-4H3,(H,30,31)/t18-,20+,22-,23+,24+,25?,26-,28+,29+/m0/s1. The molecule has 4 saturated carbocycles. The van der Waals surface area contributed by atoms with E-state index in [2.05, 4.69) is 26.1 Å². The lowest BCUT2D eigenvalue weighted by atomic mass is 9.49. The smallest absolute Gasteiger partial charge is 0.251 e. The van der Waals surface area contributed by atoms with E-state index in [0.717, 1.165) is 48.2 Å². The zero-order chi connectivity index (χ0) is 23.4. The number of amides is 1. The molecule has 1 aromatic carbocycles. The van der Waals surface area contributed by atoms with E-state index in [9.17, 15) is 9.90 Å². The first-order valence-corrected chi connectivity index (χ1v) is 13.4. The van der Waals surface area contributed by atoms with E-state index in [1.165, 1.54) is 44.9 Å². The van der Waals surface area contributed by atoms with Crippen LogP contribution in [0.2, 0.25) is 0 Å². The van der Waals surface area contributed by atoms with E-state index >= 15 is 0 Å². The molecule has 4 aliphatic rings. The number of benzene rings is 1. The number of fused-ring (bicyclic) bond motifs is 5. The van der Waals surface area contributed by atoms with Gasteiger partial charge in [-0.1, -0.05) is 13.0 Å². The molecular formula is C29H43NO3. The van der Waals surface area contributed by atoms with E-state index in [-0.39, 0.29) is 11.9 Å². The maximum absolute atomic E-state index is 13.0. The fourth-order valence-corrected chi connectivity index (χ4v) is 9.10. The van der Waals surface area contributed by atoms with Crippen LogP contribution in [-0.2, 0) is 0 Å². The first-order valence-electron chi connectivity index (χ1n) is 13.4. The van der Waals surface area contributed by atoms with Crippen LogP contribution >= 0.6 is 0 Å². The largest absolute Gasteiger partial charge is 0.497 e. The number of methoxy groups -OCH3 is 1. The van der Waals surface area contributed by atoms with Crippen molar-refractivity contribution in [1.29, 1.82) is 0 Å². The monoisotopic (exact) mass is 453 g/mol. The fraction of sp³-hybridized carbons (Fsp3) is 0.759. The van der Waals surface area contributed by atoms with Crippen molar-refractivity contribution in [2.45, 2.75) is 90.2 Å². The van der Waals surface area contributed by atoms with Crippen LogP contribution < -0.4 is 10.1 Å². The van der Waals surface area contributed by atoms with Crippen molar-refractivity contribution in [1.82, 2.24) is 5.32 Å². The Kier molecular flexibility index (Phi) is 6.04. The Balaban J connectivity index is 1.27. The third kappa shape index (κ3) is 4.11. The second-order valence-electron chi connectivity index (χ2n) is 12.4. The second kappa shape index (κ2) is 8.59. The first-order chi connectivity index (χ1) is 15.7. The topological polar surface area (TPSA) is 58.6 Å². The van der Waals surface area contributed by atoms with Gasteiger partial charge >= 0.3 is 0 Å². The summed E-state index contributed by atoms with van der Waals surface area (Å²) in [5, 5.41) is 14.0. The molecule has 1 aromatic rings. The highest BCUT2D eigenvalue weighted by Gasteiger charge is 2.58. The summed E-state index contributed by atoms with van der Waals surface area (Å²) < 4.78 is 5.30. The van der Waals surface area contributed by atoms with Gasteiger partial charge in [-0.25, -0.2) is 0 Å². The van der Waals surface area contributed by atoms with E-state index in [1.807, 2.05) is 24.3 Å². The number of carbonyl (C=O) groups is 1. The van der Waals surface area contributed by atoms with Crippen molar-refractivity contribution in [2.75, 3.05) is 7.11 Å². The molecule has 182 valence electrons. The highest BCUT2D eigenvalue weighted by atomic mass is 16.5. The molecule has 0 aliphatic heterocycles. The third-order valence-corrected chi connectivity index (χ3v) is 10.6. The Morgan fingerprint density at radius 1 is 1.06 bits per heavy atom. The van der Waals surface area contributed by atoms with Crippen LogP contribution in [0.25, 0.3) is 0 Å². The molecule has 4 nitrogen and oxygen atoms in total. The Labute approximate surface area is 199 Å². The molecule has 0 aromatic heterocycles. The van der Waals surface area contributed by atoms with Gasteiger partial charge < -0.3 is 15.2 Å². The number of hydrogen-bond acceptors (Lipinski definition) is 3. The molecule has 0 spiro atoms. The third-order valence-electron chi connectivity index (χ3n) is 10.6. The summed E-state index contributed by atoms with van der Waals surface area (Å²) >= 11 is 0. The maximum Gasteiger partial charge on any atom is 0.251 e. The Morgan fingerprint density at radius 2 is 1.85 bits per heavy atom. The normalized spacial score (nSPS) is 43.1. The molecule has 33 heavy (non-hydrogen) atoms. The number of hydrogen-bond donors (Lipinski definition) is 2. The summed E-state index contributed by atoms with van der Waals surface area (Å²) in [6, 6.07) is 7.63. The van der Waals surface area contributed by atoms with Crippen LogP contribution in [0.15, 0.2) is 24.3 Å². The van der Waals surface area contributed by atoms with Crippen molar-refractivity contribution in [3.05, 3.63) is 29.8 Å². The molecule has 4 heteroatoms. The number of nitrogens with one attached hydrogen (secondary N) is 1. The van der Waals surface area contributed by atoms with Crippen molar-refractivity contribution >= 4 is 5.91 Å². The van der Waals surface area contributed by atoms with Crippen molar-refractivity contribution < 1.29 is 14.6 Å². The van der Waals surface area contributed by atoms with E-state index in [0.29, 0.717) is 16.9 Å². The van der Waals surface area contributed by atoms with Crippen molar-refractivity contribution in [3.63, 3.8) is 0 Å². The van der Waals surface area contributed by atoms with Crippen LogP contribution in [0.1, 0.15) is 88.9 Å². The lowest BCUT2D eigenvalue weighted by Crippen LogP contribution is -2.52. The van der Waals surface area contributed by atoms with Gasteiger partial charge in [0.2, 0.25) is 0 Å². The van der Waals surface area contributed by atoms with Gasteiger partial charge in [-0.05, 0) is 131 Å². The van der Waals surface area contributed by atoms with Gasteiger partial charge in [-0.2, -0.15) is 0 Å². The van der Waals surface area contributed by atoms with Gasteiger partial charge in [0.05, 0.1) is 12.7 Å². The molecule has 4 fully saturated rings.